The monoisotopic (exact) mass is 438 g/mol. The van der Waals surface area contributed by atoms with Crippen molar-refractivity contribution in [1.29, 1.82) is 0 Å². The predicted molar refractivity (Wildman–Crippen MR) is 118 cm³/mol. The van der Waals surface area contributed by atoms with Gasteiger partial charge in [0.2, 0.25) is 5.75 Å². The molecule has 5 rings (SSSR count). The lowest BCUT2D eigenvalue weighted by molar-refractivity contribution is 0.0647. The minimum Gasteiger partial charge on any atom is -0.486 e. The molecule has 0 saturated carbocycles. The van der Waals surface area contributed by atoms with Crippen LogP contribution in [-0.2, 0) is 26.2 Å². The first-order chi connectivity index (χ1) is 15.8. The Morgan fingerprint density at radius 3 is 1.94 bits per heavy atom. The third-order valence-electron chi connectivity index (χ3n) is 5.83. The summed E-state index contributed by atoms with van der Waals surface area (Å²) in [6.07, 6.45) is 6.73. The van der Waals surface area contributed by atoms with E-state index in [-0.39, 0.29) is 0 Å². The van der Waals surface area contributed by atoms with Crippen molar-refractivity contribution >= 4 is 0 Å². The van der Waals surface area contributed by atoms with Crippen LogP contribution in [0.2, 0.25) is 0 Å². The summed E-state index contributed by atoms with van der Waals surface area (Å²) in [5.74, 6) is 4.24. The van der Waals surface area contributed by atoms with Crippen LogP contribution in [0.5, 0.6) is 17.2 Å². The topological polar surface area (TPSA) is 60.5 Å². The van der Waals surface area contributed by atoms with Crippen LogP contribution in [0, 0.1) is 0 Å². The third kappa shape index (κ3) is 4.64. The fourth-order valence-electron chi connectivity index (χ4n) is 4.28. The number of rotatable bonds is 9. The van der Waals surface area contributed by atoms with Gasteiger partial charge in [-0.2, -0.15) is 0 Å². The van der Waals surface area contributed by atoms with Crippen LogP contribution in [0.15, 0.2) is 51.7 Å². The van der Waals surface area contributed by atoms with Gasteiger partial charge in [0.15, 0.2) is 11.5 Å². The molecule has 0 saturated heterocycles. The van der Waals surface area contributed by atoms with Crippen LogP contribution in [-0.4, -0.2) is 29.9 Å². The Balaban J connectivity index is 1.38. The van der Waals surface area contributed by atoms with Crippen LogP contribution in [0.25, 0.3) is 0 Å². The Kier molecular flexibility index (Phi) is 6.36. The second-order valence-electron chi connectivity index (χ2n) is 8.42. The summed E-state index contributed by atoms with van der Waals surface area (Å²) in [7, 11) is 0. The number of fused-ring (bicyclic) bond motifs is 2. The first-order valence-electron chi connectivity index (χ1n) is 11.4. The standard InChI is InChI=1S/C25H30N2O5/c1-2-3-4-9-30-25-23-19(13-26(17-31-23)15-21-7-5-10-28-21)12-20-14-27(18-32-24(20)25)16-22-8-6-11-29-22/h5-8,10-12H,2-4,9,13-18H2,1H3. The molecule has 4 heterocycles. The first kappa shape index (κ1) is 21.0. The van der Waals surface area contributed by atoms with Gasteiger partial charge >= 0.3 is 0 Å². The number of benzene rings is 1. The quantitative estimate of drug-likeness (QED) is 0.428. The van der Waals surface area contributed by atoms with Gasteiger partial charge in [-0.3, -0.25) is 9.80 Å². The lowest BCUT2D eigenvalue weighted by atomic mass is 10.0. The molecule has 0 fully saturated rings. The maximum absolute atomic E-state index is 6.26. The number of unbranched alkanes of at least 4 members (excludes halogenated alkanes) is 2. The fraction of sp³-hybridized carbons (Fsp3) is 0.440. The zero-order valence-corrected chi connectivity index (χ0v) is 18.5. The number of hydrogen-bond acceptors (Lipinski definition) is 7. The number of ether oxygens (including phenoxy) is 3. The van der Waals surface area contributed by atoms with Gasteiger partial charge in [0.05, 0.1) is 32.2 Å². The number of hydrogen-bond donors (Lipinski definition) is 0. The van der Waals surface area contributed by atoms with Crippen molar-refractivity contribution in [3.8, 4) is 17.2 Å². The van der Waals surface area contributed by atoms with Crippen LogP contribution in [0.1, 0.15) is 48.8 Å². The van der Waals surface area contributed by atoms with E-state index in [1.807, 2.05) is 24.3 Å². The summed E-state index contributed by atoms with van der Waals surface area (Å²) >= 11 is 0. The molecule has 0 spiro atoms. The van der Waals surface area contributed by atoms with Crippen molar-refractivity contribution < 1.29 is 23.0 Å². The summed E-state index contributed by atoms with van der Waals surface area (Å²) in [5.41, 5.74) is 2.24. The molecule has 0 bridgehead atoms. The van der Waals surface area contributed by atoms with Gasteiger partial charge in [0, 0.05) is 24.2 Å². The van der Waals surface area contributed by atoms with Crippen molar-refractivity contribution in [2.24, 2.45) is 0 Å². The van der Waals surface area contributed by atoms with Crippen LogP contribution in [0.4, 0.5) is 0 Å². The van der Waals surface area contributed by atoms with Gasteiger partial charge in [-0.25, -0.2) is 0 Å². The second kappa shape index (κ2) is 9.71. The molecule has 0 atom stereocenters. The normalized spacial score (nSPS) is 16.2. The Labute approximate surface area is 188 Å². The molecule has 1 aromatic carbocycles. The molecule has 7 heteroatoms. The lowest BCUT2D eigenvalue weighted by Crippen LogP contribution is -2.34. The highest BCUT2D eigenvalue weighted by molar-refractivity contribution is 5.60. The molecule has 32 heavy (non-hydrogen) atoms. The predicted octanol–water partition coefficient (Wildman–Crippen LogP) is 5.15. The lowest BCUT2D eigenvalue weighted by Gasteiger charge is -2.34. The Morgan fingerprint density at radius 2 is 1.44 bits per heavy atom. The van der Waals surface area contributed by atoms with E-state index in [0.29, 0.717) is 33.2 Å². The van der Waals surface area contributed by atoms with Crippen molar-refractivity contribution in [2.75, 3.05) is 20.1 Å². The summed E-state index contributed by atoms with van der Waals surface area (Å²) < 4.78 is 29.7. The molecular weight excluding hydrogens is 408 g/mol. The van der Waals surface area contributed by atoms with Gasteiger partial charge in [-0.1, -0.05) is 19.8 Å². The molecular formula is C25H30N2O5. The maximum atomic E-state index is 6.26. The molecule has 0 aliphatic carbocycles. The summed E-state index contributed by atoms with van der Waals surface area (Å²) in [5, 5.41) is 0. The molecule has 0 radical (unpaired) electrons. The molecule has 170 valence electrons. The van der Waals surface area contributed by atoms with E-state index >= 15 is 0 Å². The van der Waals surface area contributed by atoms with E-state index in [1.54, 1.807) is 12.5 Å². The molecule has 2 aliphatic heterocycles. The van der Waals surface area contributed by atoms with Gasteiger partial charge < -0.3 is 23.0 Å². The summed E-state index contributed by atoms with van der Waals surface area (Å²) in [4.78, 5) is 4.44. The van der Waals surface area contributed by atoms with Crippen molar-refractivity contribution in [3.63, 3.8) is 0 Å². The van der Waals surface area contributed by atoms with Crippen molar-refractivity contribution in [1.82, 2.24) is 9.80 Å². The van der Waals surface area contributed by atoms with E-state index in [4.69, 9.17) is 23.0 Å². The summed E-state index contributed by atoms with van der Waals surface area (Å²) in [6, 6.07) is 10.0. The van der Waals surface area contributed by atoms with Gasteiger partial charge in [0.1, 0.15) is 25.0 Å². The average Bonchev–Trinajstić information content (AvgIpc) is 3.50. The van der Waals surface area contributed by atoms with Crippen LogP contribution < -0.4 is 14.2 Å². The smallest absolute Gasteiger partial charge is 0.204 e. The van der Waals surface area contributed by atoms with Crippen LogP contribution in [0.3, 0.4) is 0 Å². The Hall–Kier alpha value is -2.90. The highest BCUT2D eigenvalue weighted by Gasteiger charge is 2.30. The van der Waals surface area contributed by atoms with Gasteiger partial charge in [-0.15, -0.1) is 0 Å². The highest BCUT2D eigenvalue weighted by atomic mass is 16.6. The fourth-order valence-corrected chi connectivity index (χ4v) is 4.28. The van der Waals surface area contributed by atoms with E-state index in [0.717, 1.165) is 72.2 Å². The van der Waals surface area contributed by atoms with Crippen LogP contribution >= 0.6 is 0 Å². The number of furan rings is 2. The summed E-state index contributed by atoms with van der Waals surface area (Å²) in [6.45, 7) is 6.79. The van der Waals surface area contributed by atoms with Gasteiger partial charge in [0.25, 0.3) is 0 Å². The van der Waals surface area contributed by atoms with E-state index in [2.05, 4.69) is 22.8 Å². The minimum atomic E-state index is 0.489. The molecule has 0 amide bonds. The zero-order chi connectivity index (χ0) is 21.8. The largest absolute Gasteiger partial charge is 0.486 e. The average molecular weight is 439 g/mol. The molecule has 0 unspecified atom stereocenters. The molecule has 3 aromatic rings. The second-order valence-corrected chi connectivity index (χ2v) is 8.42. The third-order valence-corrected chi connectivity index (χ3v) is 5.83. The van der Waals surface area contributed by atoms with Gasteiger partial charge in [-0.05, 0) is 36.8 Å². The SMILES string of the molecule is CCCCCOc1c2c(cc3c1OCN(Cc1ccco1)C3)CN(Cc1ccco1)CO2. The van der Waals surface area contributed by atoms with Crippen molar-refractivity contribution in [3.05, 3.63) is 65.5 Å². The van der Waals surface area contributed by atoms with E-state index < -0.39 is 0 Å². The maximum Gasteiger partial charge on any atom is 0.204 e. The molecule has 2 aromatic heterocycles. The first-order valence-corrected chi connectivity index (χ1v) is 11.4. The zero-order valence-electron chi connectivity index (χ0n) is 18.5. The molecule has 0 N–H and O–H groups in total. The Morgan fingerprint density at radius 1 is 0.844 bits per heavy atom. The molecule has 2 aliphatic rings. The Bertz CT molecular complexity index is 928. The molecule has 7 nitrogen and oxygen atoms in total. The van der Waals surface area contributed by atoms with Crippen molar-refractivity contribution in [2.45, 2.75) is 52.4 Å². The van der Waals surface area contributed by atoms with E-state index in [9.17, 15) is 0 Å². The number of nitrogens with zero attached hydrogens (tertiary/aromatic N) is 2. The minimum absolute atomic E-state index is 0.489. The van der Waals surface area contributed by atoms with E-state index in [1.165, 1.54) is 0 Å². The highest BCUT2D eigenvalue weighted by Crippen LogP contribution is 2.47.